The summed E-state index contributed by atoms with van der Waals surface area (Å²) in [7, 11) is 3.64. The lowest BCUT2D eigenvalue weighted by Crippen LogP contribution is -2.21. The Morgan fingerprint density at radius 3 is 2.41 bits per heavy atom. The van der Waals surface area contributed by atoms with Gasteiger partial charge in [0, 0.05) is 11.3 Å². The van der Waals surface area contributed by atoms with Crippen molar-refractivity contribution in [1.29, 1.82) is 0 Å². The molecule has 0 aliphatic carbocycles. The summed E-state index contributed by atoms with van der Waals surface area (Å²) in [6, 6.07) is 10.6. The maximum Gasteiger partial charge on any atom is 0.305 e. The maximum absolute atomic E-state index is 11.0. The van der Waals surface area contributed by atoms with E-state index < -0.39 is 0 Å². The van der Waals surface area contributed by atoms with E-state index >= 15 is 0 Å². The van der Waals surface area contributed by atoms with Crippen molar-refractivity contribution in [2.45, 2.75) is 43.4 Å². The minimum Gasteiger partial charge on any atom is -0.469 e. The van der Waals surface area contributed by atoms with E-state index in [0.717, 1.165) is 32.4 Å². The van der Waals surface area contributed by atoms with Gasteiger partial charge >= 0.3 is 5.97 Å². The van der Waals surface area contributed by atoms with E-state index in [2.05, 4.69) is 47.0 Å². The van der Waals surface area contributed by atoms with Gasteiger partial charge in [0.25, 0.3) is 0 Å². The molecule has 3 nitrogen and oxygen atoms in total. The second kappa shape index (κ2) is 12.5. The monoisotopic (exact) mass is 323 g/mol. The van der Waals surface area contributed by atoms with E-state index in [1.807, 2.05) is 11.8 Å². The van der Waals surface area contributed by atoms with Gasteiger partial charge < -0.3 is 9.64 Å². The number of thioether (sulfide) groups is 1. The quantitative estimate of drug-likeness (QED) is 0.327. The number of carbonyl (C=O) groups excluding carboxylic acids is 1. The van der Waals surface area contributed by atoms with E-state index in [9.17, 15) is 4.79 Å². The molecule has 124 valence electrons. The molecule has 0 saturated carbocycles. The fourth-order valence-corrected chi connectivity index (χ4v) is 3.17. The molecule has 4 heteroatoms. The summed E-state index contributed by atoms with van der Waals surface area (Å²) in [5.74, 6) is 1.10. The van der Waals surface area contributed by atoms with Crippen molar-refractivity contribution in [2.24, 2.45) is 0 Å². The van der Waals surface area contributed by atoms with Gasteiger partial charge in [-0.3, -0.25) is 4.79 Å². The summed E-state index contributed by atoms with van der Waals surface area (Å²) in [6.45, 7) is 2.28. The largest absolute Gasteiger partial charge is 0.469 e. The Labute approximate surface area is 139 Å². The molecule has 0 aromatic heterocycles. The predicted octanol–water partition coefficient (Wildman–Crippen LogP) is 4.22. The highest BCUT2D eigenvalue weighted by atomic mass is 32.2. The van der Waals surface area contributed by atoms with Crippen LogP contribution in [0, 0.1) is 0 Å². The minimum absolute atomic E-state index is 0.0933. The van der Waals surface area contributed by atoms with Crippen molar-refractivity contribution in [2.75, 3.05) is 33.0 Å². The zero-order valence-electron chi connectivity index (χ0n) is 13.9. The number of hydrogen-bond donors (Lipinski definition) is 0. The normalized spacial score (nSPS) is 10.9. The highest BCUT2D eigenvalue weighted by molar-refractivity contribution is 7.99. The Morgan fingerprint density at radius 1 is 1.05 bits per heavy atom. The van der Waals surface area contributed by atoms with Crippen LogP contribution in [0.5, 0.6) is 0 Å². The average molecular weight is 324 g/mol. The molecule has 0 heterocycles. The highest BCUT2D eigenvalue weighted by Crippen LogP contribution is 2.18. The Bertz CT molecular complexity index is 397. The van der Waals surface area contributed by atoms with Gasteiger partial charge in [0.2, 0.25) is 0 Å². The number of rotatable bonds is 12. The number of ether oxygens (including phenoxy) is 1. The molecular formula is C18H29NO2S. The van der Waals surface area contributed by atoms with Crippen LogP contribution in [0.3, 0.4) is 0 Å². The van der Waals surface area contributed by atoms with Crippen LogP contribution in [0.25, 0.3) is 0 Å². The summed E-state index contributed by atoms with van der Waals surface area (Å²) in [5, 5.41) is 0. The lowest BCUT2D eigenvalue weighted by molar-refractivity contribution is -0.140. The minimum atomic E-state index is -0.0933. The summed E-state index contributed by atoms with van der Waals surface area (Å²) >= 11 is 1.94. The first-order valence-corrected chi connectivity index (χ1v) is 9.14. The van der Waals surface area contributed by atoms with E-state index in [1.165, 1.54) is 30.6 Å². The highest BCUT2D eigenvalue weighted by Gasteiger charge is 2.01. The maximum atomic E-state index is 11.0. The molecule has 0 N–H and O–H groups in total. The molecule has 0 amide bonds. The van der Waals surface area contributed by atoms with E-state index in [0.29, 0.717) is 6.42 Å². The third-order valence-electron chi connectivity index (χ3n) is 3.59. The van der Waals surface area contributed by atoms with Crippen LogP contribution >= 0.6 is 11.8 Å². The second-order valence-electron chi connectivity index (χ2n) is 5.56. The molecule has 0 spiro atoms. The first-order valence-electron chi connectivity index (χ1n) is 8.15. The summed E-state index contributed by atoms with van der Waals surface area (Å²) in [4.78, 5) is 14.7. The first-order chi connectivity index (χ1) is 10.7. The molecule has 0 fully saturated rings. The Hall–Kier alpha value is -1.00. The molecular weight excluding hydrogens is 294 g/mol. The van der Waals surface area contributed by atoms with Crippen molar-refractivity contribution in [3.63, 3.8) is 0 Å². The average Bonchev–Trinajstić information content (AvgIpc) is 2.55. The van der Waals surface area contributed by atoms with Crippen molar-refractivity contribution < 1.29 is 9.53 Å². The van der Waals surface area contributed by atoms with Gasteiger partial charge in [-0.15, -0.1) is 11.8 Å². The number of carbonyl (C=O) groups is 1. The second-order valence-corrected chi connectivity index (χ2v) is 6.73. The number of benzene rings is 1. The van der Waals surface area contributed by atoms with Gasteiger partial charge in [-0.2, -0.15) is 0 Å². The zero-order valence-corrected chi connectivity index (χ0v) is 14.7. The van der Waals surface area contributed by atoms with Gasteiger partial charge in [-0.1, -0.05) is 24.6 Å². The molecule has 0 atom stereocenters. The SMILES string of the molecule is COC(=O)CCCCCN(C)CCCCSc1ccccc1. The van der Waals surface area contributed by atoms with Crippen LogP contribution in [0.1, 0.15) is 38.5 Å². The summed E-state index contributed by atoms with van der Waals surface area (Å²) in [6.07, 6.45) is 6.26. The standard InChI is InChI=1S/C18H29NO2S/c1-19(14-8-4-7-13-18(20)21-2)15-9-10-16-22-17-11-5-3-6-12-17/h3,5-6,11-12H,4,7-10,13-16H2,1-2H3. The van der Waals surface area contributed by atoms with Crippen molar-refractivity contribution in [3.8, 4) is 0 Å². The third-order valence-corrected chi connectivity index (χ3v) is 4.69. The Morgan fingerprint density at radius 2 is 1.73 bits per heavy atom. The molecule has 0 bridgehead atoms. The molecule has 1 aromatic rings. The molecule has 0 radical (unpaired) electrons. The lowest BCUT2D eigenvalue weighted by atomic mass is 10.2. The predicted molar refractivity (Wildman–Crippen MR) is 94.4 cm³/mol. The van der Waals surface area contributed by atoms with E-state index in [4.69, 9.17) is 0 Å². The number of unbranched alkanes of at least 4 members (excludes halogenated alkanes) is 3. The van der Waals surface area contributed by atoms with Crippen LogP contribution in [0.4, 0.5) is 0 Å². The van der Waals surface area contributed by atoms with Crippen LogP contribution in [0.15, 0.2) is 35.2 Å². The van der Waals surface area contributed by atoms with Gasteiger partial charge in [0.15, 0.2) is 0 Å². The number of methoxy groups -OCH3 is 1. The fourth-order valence-electron chi connectivity index (χ4n) is 2.23. The Kier molecular flexibility index (Phi) is 10.9. The molecule has 0 aliphatic heterocycles. The van der Waals surface area contributed by atoms with Gasteiger partial charge in [-0.25, -0.2) is 0 Å². The number of esters is 1. The van der Waals surface area contributed by atoms with Gasteiger partial charge in [-0.05, 0) is 63.7 Å². The third kappa shape index (κ3) is 9.85. The van der Waals surface area contributed by atoms with Crippen LogP contribution in [0.2, 0.25) is 0 Å². The Balaban J connectivity index is 1.91. The van der Waals surface area contributed by atoms with E-state index in [1.54, 1.807) is 0 Å². The zero-order chi connectivity index (χ0) is 16.0. The molecule has 1 rings (SSSR count). The van der Waals surface area contributed by atoms with Crippen LogP contribution < -0.4 is 0 Å². The molecule has 0 saturated heterocycles. The number of hydrogen-bond acceptors (Lipinski definition) is 4. The van der Waals surface area contributed by atoms with Crippen LogP contribution in [-0.2, 0) is 9.53 Å². The smallest absolute Gasteiger partial charge is 0.305 e. The van der Waals surface area contributed by atoms with Crippen molar-refractivity contribution in [3.05, 3.63) is 30.3 Å². The van der Waals surface area contributed by atoms with Gasteiger partial charge in [0.1, 0.15) is 0 Å². The molecule has 1 aromatic carbocycles. The topological polar surface area (TPSA) is 29.5 Å². The summed E-state index contributed by atoms with van der Waals surface area (Å²) < 4.78 is 4.63. The first kappa shape index (κ1) is 19.0. The number of nitrogens with zero attached hydrogens (tertiary/aromatic N) is 1. The summed E-state index contributed by atoms with van der Waals surface area (Å²) in [5.41, 5.74) is 0. The fraction of sp³-hybridized carbons (Fsp3) is 0.611. The van der Waals surface area contributed by atoms with Crippen molar-refractivity contribution in [1.82, 2.24) is 4.90 Å². The molecule has 22 heavy (non-hydrogen) atoms. The van der Waals surface area contributed by atoms with Crippen molar-refractivity contribution >= 4 is 17.7 Å². The van der Waals surface area contributed by atoms with Crippen LogP contribution in [-0.4, -0.2) is 43.9 Å². The molecule has 0 unspecified atom stereocenters. The van der Waals surface area contributed by atoms with Gasteiger partial charge in [0.05, 0.1) is 7.11 Å². The molecule has 0 aliphatic rings. The van der Waals surface area contributed by atoms with E-state index in [-0.39, 0.29) is 5.97 Å². The lowest BCUT2D eigenvalue weighted by Gasteiger charge is -2.16.